The zero-order valence-electron chi connectivity index (χ0n) is 17.1. The minimum absolute atomic E-state index is 0.124. The summed E-state index contributed by atoms with van der Waals surface area (Å²) in [6.45, 7) is 7.30. The van der Waals surface area contributed by atoms with Crippen molar-refractivity contribution in [3.63, 3.8) is 0 Å². The van der Waals surface area contributed by atoms with Crippen molar-refractivity contribution in [3.8, 4) is 0 Å². The maximum atomic E-state index is 13.1. The molecule has 28 heavy (non-hydrogen) atoms. The second-order valence-electron chi connectivity index (χ2n) is 8.25. The number of carbonyl (C=O) groups excluding carboxylic acids is 1. The van der Waals surface area contributed by atoms with Gasteiger partial charge in [0, 0.05) is 42.9 Å². The van der Waals surface area contributed by atoms with Crippen molar-refractivity contribution in [1.29, 1.82) is 0 Å². The van der Waals surface area contributed by atoms with Gasteiger partial charge in [0.15, 0.2) is 10.9 Å². The van der Waals surface area contributed by atoms with Gasteiger partial charge in [0.2, 0.25) is 0 Å². The number of nitrogens with zero attached hydrogens (tertiary/aromatic N) is 4. The van der Waals surface area contributed by atoms with Crippen molar-refractivity contribution >= 4 is 23.2 Å². The number of likely N-dealkylation sites (N-methyl/N-ethyl adjacent to an activating group) is 1. The number of para-hydroxylation sites is 1. The molecule has 5 nitrogen and oxygen atoms in total. The summed E-state index contributed by atoms with van der Waals surface area (Å²) in [4.78, 5) is 15.2. The summed E-state index contributed by atoms with van der Waals surface area (Å²) in [6, 6.07) is 8.38. The SMILES string of the molecule is CC(Sc1nnc2n1CCCCC2)C(=O)/C=C1\N(C)c2ccccc2C1(C)C. The van der Waals surface area contributed by atoms with E-state index in [1.165, 1.54) is 35.9 Å². The lowest BCUT2D eigenvalue weighted by Crippen LogP contribution is -2.25. The van der Waals surface area contributed by atoms with Crippen LogP contribution < -0.4 is 4.90 Å². The third-order valence-electron chi connectivity index (χ3n) is 5.98. The zero-order chi connectivity index (χ0) is 19.9. The molecule has 0 N–H and O–H groups in total. The number of hydrogen-bond acceptors (Lipinski definition) is 5. The summed E-state index contributed by atoms with van der Waals surface area (Å²) in [5.74, 6) is 1.18. The maximum absolute atomic E-state index is 13.1. The number of hydrogen-bond donors (Lipinski definition) is 0. The van der Waals surface area contributed by atoms with Crippen molar-refractivity contribution in [2.24, 2.45) is 0 Å². The highest BCUT2D eigenvalue weighted by Gasteiger charge is 2.38. The maximum Gasteiger partial charge on any atom is 0.191 e. The zero-order valence-corrected chi connectivity index (χ0v) is 17.9. The smallest absolute Gasteiger partial charge is 0.191 e. The van der Waals surface area contributed by atoms with Gasteiger partial charge in [0.05, 0.1) is 5.25 Å². The Morgan fingerprint density at radius 3 is 2.79 bits per heavy atom. The number of carbonyl (C=O) groups is 1. The van der Waals surface area contributed by atoms with Crippen LogP contribution in [0.4, 0.5) is 5.69 Å². The first-order valence-electron chi connectivity index (χ1n) is 10.1. The summed E-state index contributed by atoms with van der Waals surface area (Å²) >= 11 is 1.53. The van der Waals surface area contributed by atoms with Crippen molar-refractivity contribution in [2.75, 3.05) is 11.9 Å². The Bertz CT molecular complexity index is 930. The monoisotopic (exact) mass is 396 g/mol. The predicted molar refractivity (Wildman–Crippen MR) is 114 cm³/mol. The van der Waals surface area contributed by atoms with E-state index in [2.05, 4.69) is 51.7 Å². The molecule has 1 atom stereocenters. The lowest BCUT2D eigenvalue weighted by molar-refractivity contribution is -0.114. The van der Waals surface area contributed by atoms with Gasteiger partial charge in [-0.1, -0.05) is 50.2 Å². The fourth-order valence-corrected chi connectivity index (χ4v) is 5.18. The molecule has 0 saturated carbocycles. The number of benzene rings is 1. The van der Waals surface area contributed by atoms with Crippen LogP contribution in [0.1, 0.15) is 51.4 Å². The Morgan fingerprint density at radius 2 is 2.00 bits per heavy atom. The van der Waals surface area contributed by atoms with Crippen molar-refractivity contribution in [1.82, 2.24) is 14.8 Å². The van der Waals surface area contributed by atoms with Gasteiger partial charge in [-0.25, -0.2) is 0 Å². The van der Waals surface area contributed by atoms with Crippen LogP contribution in [0.5, 0.6) is 0 Å². The standard InChI is InChI=1S/C22H28N4OS/c1-15(28-21-24-23-20-12-6-5-9-13-26(20)21)18(27)14-19-22(2,3)16-10-7-8-11-17(16)25(19)4/h7-8,10-11,14-15H,5-6,9,12-13H2,1-4H3/b19-14-. The van der Waals surface area contributed by atoms with Crippen LogP contribution in [-0.2, 0) is 23.2 Å². The lowest BCUT2D eigenvalue weighted by atomic mass is 9.83. The average molecular weight is 397 g/mol. The highest BCUT2D eigenvalue weighted by molar-refractivity contribution is 8.00. The molecule has 0 aliphatic carbocycles. The Kier molecular flexibility index (Phi) is 5.08. The predicted octanol–water partition coefficient (Wildman–Crippen LogP) is 4.37. The van der Waals surface area contributed by atoms with Crippen LogP contribution in [0.3, 0.4) is 0 Å². The molecule has 0 saturated heterocycles. The molecule has 4 rings (SSSR count). The molecule has 0 radical (unpaired) electrons. The molecule has 0 bridgehead atoms. The molecule has 6 heteroatoms. The molecule has 0 spiro atoms. The van der Waals surface area contributed by atoms with Gasteiger partial charge in [-0.3, -0.25) is 4.79 Å². The van der Waals surface area contributed by atoms with Gasteiger partial charge < -0.3 is 9.47 Å². The molecule has 0 amide bonds. The van der Waals surface area contributed by atoms with E-state index in [1.54, 1.807) is 0 Å². The highest BCUT2D eigenvalue weighted by atomic mass is 32.2. The Labute approximate surface area is 171 Å². The fourth-order valence-electron chi connectivity index (χ4n) is 4.27. The van der Waals surface area contributed by atoms with Gasteiger partial charge in [0.25, 0.3) is 0 Å². The largest absolute Gasteiger partial charge is 0.347 e. The molecular formula is C22H28N4OS. The van der Waals surface area contributed by atoms with Crippen molar-refractivity contribution in [2.45, 2.75) is 68.8 Å². The van der Waals surface area contributed by atoms with Crippen LogP contribution in [0.15, 0.2) is 41.2 Å². The van der Waals surface area contributed by atoms with Crippen LogP contribution in [0, 0.1) is 0 Å². The van der Waals surface area contributed by atoms with Crippen molar-refractivity contribution in [3.05, 3.63) is 47.4 Å². The Hall–Kier alpha value is -2.08. The quantitative estimate of drug-likeness (QED) is 0.567. The molecule has 2 aromatic rings. The first-order chi connectivity index (χ1) is 13.4. The van der Waals surface area contributed by atoms with E-state index < -0.39 is 0 Å². The Balaban J connectivity index is 1.55. The van der Waals surface area contributed by atoms with Crippen molar-refractivity contribution < 1.29 is 4.79 Å². The van der Waals surface area contributed by atoms with Gasteiger partial charge in [-0.2, -0.15) is 0 Å². The topological polar surface area (TPSA) is 51.0 Å². The molecule has 0 fully saturated rings. The number of aryl methyl sites for hydroxylation is 1. The normalized spacial score (nSPS) is 20.6. The van der Waals surface area contributed by atoms with Crippen LogP contribution in [0.2, 0.25) is 0 Å². The molecule has 1 unspecified atom stereocenters. The van der Waals surface area contributed by atoms with Gasteiger partial charge in [0.1, 0.15) is 5.82 Å². The summed E-state index contributed by atoms with van der Waals surface area (Å²) in [5, 5.41) is 9.39. The second kappa shape index (κ2) is 7.39. The first kappa shape index (κ1) is 19.2. The van der Waals surface area contributed by atoms with E-state index in [-0.39, 0.29) is 16.4 Å². The minimum Gasteiger partial charge on any atom is -0.347 e. The highest BCUT2D eigenvalue weighted by Crippen LogP contribution is 2.46. The first-order valence-corrected chi connectivity index (χ1v) is 11.0. The van der Waals surface area contributed by atoms with E-state index >= 15 is 0 Å². The molecule has 2 aliphatic heterocycles. The molecule has 2 aliphatic rings. The number of rotatable bonds is 4. The number of ketones is 1. The summed E-state index contributed by atoms with van der Waals surface area (Å²) in [6.07, 6.45) is 6.37. The minimum atomic E-state index is -0.197. The Morgan fingerprint density at radius 1 is 1.21 bits per heavy atom. The molecular weight excluding hydrogens is 368 g/mol. The second-order valence-corrected chi connectivity index (χ2v) is 9.56. The average Bonchev–Trinajstić information content (AvgIpc) is 3.01. The summed E-state index contributed by atoms with van der Waals surface area (Å²) in [5.41, 5.74) is 3.30. The third-order valence-corrected chi connectivity index (χ3v) is 7.08. The number of fused-ring (bicyclic) bond motifs is 2. The fraction of sp³-hybridized carbons (Fsp3) is 0.500. The number of thioether (sulfide) groups is 1. The lowest BCUT2D eigenvalue weighted by Gasteiger charge is -2.24. The third kappa shape index (κ3) is 3.28. The summed E-state index contributed by atoms with van der Waals surface area (Å²) in [7, 11) is 2.04. The van der Waals surface area contributed by atoms with Gasteiger partial charge in [-0.15, -0.1) is 10.2 Å². The van der Waals surface area contributed by atoms with Gasteiger partial charge in [-0.05, 0) is 31.4 Å². The van der Waals surface area contributed by atoms with Gasteiger partial charge >= 0.3 is 0 Å². The van der Waals surface area contributed by atoms with E-state index in [1.807, 2.05) is 26.1 Å². The molecule has 148 valence electrons. The molecule has 3 heterocycles. The van der Waals surface area contributed by atoms with Crippen LogP contribution >= 0.6 is 11.8 Å². The number of allylic oxidation sites excluding steroid dienone is 2. The van der Waals surface area contributed by atoms with Crippen LogP contribution in [0.25, 0.3) is 0 Å². The number of anilines is 1. The van der Waals surface area contributed by atoms with E-state index in [0.717, 1.165) is 36.1 Å². The molecule has 1 aromatic heterocycles. The number of aromatic nitrogens is 3. The van der Waals surface area contributed by atoms with E-state index in [0.29, 0.717) is 0 Å². The molecule has 1 aromatic carbocycles. The van der Waals surface area contributed by atoms with Crippen LogP contribution in [-0.4, -0.2) is 32.8 Å². The van der Waals surface area contributed by atoms with E-state index in [4.69, 9.17) is 0 Å². The summed E-state index contributed by atoms with van der Waals surface area (Å²) < 4.78 is 2.20. The van der Waals surface area contributed by atoms with E-state index in [9.17, 15) is 4.79 Å².